The van der Waals surface area contributed by atoms with Crippen LogP contribution in [0.15, 0.2) is 0 Å². The minimum absolute atomic E-state index is 0.0959. The summed E-state index contributed by atoms with van der Waals surface area (Å²) in [5.74, 6) is -0.376. The van der Waals surface area contributed by atoms with Crippen LogP contribution in [0.1, 0.15) is 33.1 Å². The number of hydrogen-bond acceptors (Lipinski definition) is 3. The monoisotopic (exact) mass is 212 g/mol. The summed E-state index contributed by atoms with van der Waals surface area (Å²) in [6.07, 6.45) is 1.79. The SMILES string of the molecule is CCCC1NC(=O)N(CC(=O)CC)C1=O. The Hall–Kier alpha value is -1.39. The molecular formula is C10H16N2O3. The largest absolute Gasteiger partial charge is 0.326 e. The molecular weight excluding hydrogens is 196 g/mol. The number of nitrogens with one attached hydrogen (secondary N) is 1. The number of hydrogen-bond donors (Lipinski definition) is 1. The third-order valence-corrected chi connectivity index (χ3v) is 2.41. The van der Waals surface area contributed by atoms with E-state index < -0.39 is 12.1 Å². The predicted molar refractivity (Wildman–Crippen MR) is 54.2 cm³/mol. The summed E-state index contributed by atoms with van der Waals surface area (Å²) in [4.78, 5) is 35.2. The summed E-state index contributed by atoms with van der Waals surface area (Å²) < 4.78 is 0. The average molecular weight is 212 g/mol. The molecule has 84 valence electrons. The van der Waals surface area contributed by atoms with Crippen molar-refractivity contribution >= 4 is 17.7 Å². The number of nitrogens with zero attached hydrogens (tertiary/aromatic N) is 1. The number of carbonyl (C=O) groups excluding carboxylic acids is 3. The molecule has 1 unspecified atom stereocenters. The van der Waals surface area contributed by atoms with Crippen molar-refractivity contribution in [2.45, 2.75) is 39.2 Å². The van der Waals surface area contributed by atoms with Crippen molar-refractivity contribution < 1.29 is 14.4 Å². The van der Waals surface area contributed by atoms with Gasteiger partial charge in [-0.1, -0.05) is 20.3 Å². The van der Waals surface area contributed by atoms with Gasteiger partial charge < -0.3 is 5.32 Å². The molecule has 1 aliphatic rings. The van der Waals surface area contributed by atoms with Crippen molar-refractivity contribution in [2.24, 2.45) is 0 Å². The first kappa shape index (κ1) is 11.7. The van der Waals surface area contributed by atoms with Gasteiger partial charge in [0.25, 0.3) is 5.91 Å². The Bertz CT molecular complexity index is 288. The van der Waals surface area contributed by atoms with Crippen LogP contribution in [0.3, 0.4) is 0 Å². The molecule has 1 atom stereocenters. The van der Waals surface area contributed by atoms with Crippen LogP contribution in [0, 0.1) is 0 Å². The van der Waals surface area contributed by atoms with Gasteiger partial charge in [0.15, 0.2) is 5.78 Å². The van der Waals surface area contributed by atoms with Gasteiger partial charge in [-0.3, -0.25) is 14.5 Å². The quantitative estimate of drug-likeness (QED) is 0.682. The number of ketones is 1. The minimum atomic E-state index is -0.444. The molecule has 0 aromatic heterocycles. The van der Waals surface area contributed by atoms with Crippen LogP contribution in [0.4, 0.5) is 4.79 Å². The molecule has 5 heteroatoms. The second-order valence-electron chi connectivity index (χ2n) is 3.61. The molecule has 5 nitrogen and oxygen atoms in total. The van der Waals surface area contributed by atoms with Gasteiger partial charge in [-0.15, -0.1) is 0 Å². The highest BCUT2D eigenvalue weighted by molar-refractivity contribution is 6.06. The molecule has 3 amide bonds. The Morgan fingerprint density at radius 3 is 2.60 bits per heavy atom. The Morgan fingerprint density at radius 1 is 1.40 bits per heavy atom. The van der Waals surface area contributed by atoms with Crippen LogP contribution >= 0.6 is 0 Å². The van der Waals surface area contributed by atoms with Gasteiger partial charge in [0, 0.05) is 6.42 Å². The number of rotatable bonds is 5. The topological polar surface area (TPSA) is 66.5 Å². The predicted octanol–water partition coefficient (Wildman–Crippen LogP) is 0.686. The van der Waals surface area contributed by atoms with Gasteiger partial charge in [0.2, 0.25) is 0 Å². The number of urea groups is 1. The molecule has 0 radical (unpaired) electrons. The standard InChI is InChI=1S/C10H16N2O3/c1-3-5-8-9(14)12(10(15)11-8)6-7(13)4-2/h8H,3-6H2,1-2H3,(H,11,15). The zero-order valence-corrected chi connectivity index (χ0v) is 9.08. The van der Waals surface area contributed by atoms with Gasteiger partial charge in [-0.05, 0) is 6.42 Å². The summed E-state index contributed by atoms with van der Waals surface area (Å²) >= 11 is 0. The van der Waals surface area contributed by atoms with Crippen LogP contribution in [0.2, 0.25) is 0 Å². The zero-order valence-electron chi connectivity index (χ0n) is 9.08. The first-order valence-electron chi connectivity index (χ1n) is 5.23. The lowest BCUT2D eigenvalue weighted by Gasteiger charge is -2.10. The maximum Gasteiger partial charge on any atom is 0.325 e. The lowest BCUT2D eigenvalue weighted by molar-refractivity contribution is -0.131. The molecule has 0 saturated carbocycles. The summed E-state index contributed by atoms with van der Waals surface area (Å²) in [7, 11) is 0. The summed E-state index contributed by atoms with van der Waals surface area (Å²) in [5, 5.41) is 2.57. The van der Waals surface area contributed by atoms with E-state index in [1.807, 2.05) is 6.92 Å². The van der Waals surface area contributed by atoms with Crippen molar-refractivity contribution in [3.05, 3.63) is 0 Å². The molecule has 0 bridgehead atoms. The van der Waals surface area contributed by atoms with E-state index in [0.29, 0.717) is 12.8 Å². The van der Waals surface area contributed by atoms with Crippen LogP contribution in [-0.4, -0.2) is 35.2 Å². The Labute approximate surface area is 88.8 Å². The van der Waals surface area contributed by atoms with E-state index in [2.05, 4.69) is 5.32 Å². The van der Waals surface area contributed by atoms with E-state index in [4.69, 9.17) is 0 Å². The van der Waals surface area contributed by atoms with E-state index >= 15 is 0 Å². The van der Waals surface area contributed by atoms with E-state index in [1.54, 1.807) is 6.92 Å². The lowest BCUT2D eigenvalue weighted by Crippen LogP contribution is -2.35. The van der Waals surface area contributed by atoms with Gasteiger partial charge in [0.05, 0.1) is 6.54 Å². The highest BCUT2D eigenvalue weighted by Crippen LogP contribution is 2.10. The second kappa shape index (κ2) is 4.91. The Balaban J connectivity index is 2.62. The zero-order chi connectivity index (χ0) is 11.4. The van der Waals surface area contributed by atoms with E-state index in [1.165, 1.54) is 0 Å². The highest BCUT2D eigenvalue weighted by atomic mass is 16.2. The molecule has 15 heavy (non-hydrogen) atoms. The molecule has 1 aliphatic heterocycles. The van der Waals surface area contributed by atoms with Crippen LogP contribution in [0.25, 0.3) is 0 Å². The third kappa shape index (κ3) is 2.55. The van der Waals surface area contributed by atoms with Crippen LogP contribution in [0.5, 0.6) is 0 Å². The first-order chi connectivity index (χ1) is 7.10. The summed E-state index contributed by atoms with van der Waals surface area (Å²) in [6, 6.07) is -0.882. The van der Waals surface area contributed by atoms with Crippen LogP contribution in [-0.2, 0) is 9.59 Å². The molecule has 0 spiro atoms. The molecule has 0 aliphatic carbocycles. The summed E-state index contributed by atoms with van der Waals surface area (Å²) in [5.41, 5.74) is 0. The maximum absolute atomic E-state index is 11.6. The minimum Gasteiger partial charge on any atom is -0.326 e. The Kier molecular flexibility index (Phi) is 3.82. The normalized spacial score (nSPS) is 20.7. The van der Waals surface area contributed by atoms with Gasteiger partial charge >= 0.3 is 6.03 Å². The van der Waals surface area contributed by atoms with Crippen molar-refractivity contribution in [3.8, 4) is 0 Å². The Morgan fingerprint density at radius 2 is 2.07 bits per heavy atom. The maximum atomic E-state index is 11.6. The fraction of sp³-hybridized carbons (Fsp3) is 0.700. The average Bonchev–Trinajstić information content (AvgIpc) is 2.46. The van der Waals surface area contributed by atoms with Gasteiger partial charge in [-0.25, -0.2) is 4.79 Å². The lowest BCUT2D eigenvalue weighted by atomic mass is 10.1. The van der Waals surface area contributed by atoms with E-state index in [-0.39, 0.29) is 18.2 Å². The first-order valence-corrected chi connectivity index (χ1v) is 5.23. The van der Waals surface area contributed by atoms with E-state index in [9.17, 15) is 14.4 Å². The number of amides is 3. The number of Topliss-reactive ketones (excluding diaryl/α,β-unsaturated/α-hetero) is 1. The van der Waals surface area contributed by atoms with Crippen LogP contribution < -0.4 is 5.32 Å². The van der Waals surface area contributed by atoms with E-state index in [0.717, 1.165) is 11.3 Å². The molecule has 1 heterocycles. The van der Waals surface area contributed by atoms with Crippen molar-refractivity contribution in [3.63, 3.8) is 0 Å². The second-order valence-corrected chi connectivity index (χ2v) is 3.61. The molecule has 0 aromatic carbocycles. The molecule has 0 aromatic rings. The van der Waals surface area contributed by atoms with Gasteiger partial charge in [0.1, 0.15) is 6.04 Å². The van der Waals surface area contributed by atoms with Crippen molar-refractivity contribution in [1.29, 1.82) is 0 Å². The van der Waals surface area contributed by atoms with Crippen molar-refractivity contribution in [1.82, 2.24) is 10.2 Å². The fourth-order valence-corrected chi connectivity index (χ4v) is 1.50. The molecule has 1 rings (SSSR count). The number of carbonyl (C=O) groups is 3. The van der Waals surface area contributed by atoms with Crippen molar-refractivity contribution in [2.75, 3.05) is 6.54 Å². The smallest absolute Gasteiger partial charge is 0.325 e. The summed E-state index contributed by atoms with van der Waals surface area (Å²) in [6.45, 7) is 3.56. The highest BCUT2D eigenvalue weighted by Gasteiger charge is 2.37. The molecule has 1 fully saturated rings. The van der Waals surface area contributed by atoms with Gasteiger partial charge in [-0.2, -0.15) is 0 Å². The molecule has 1 saturated heterocycles. The third-order valence-electron chi connectivity index (χ3n) is 2.41. The fourth-order valence-electron chi connectivity index (χ4n) is 1.50. The number of imide groups is 1. The molecule has 1 N–H and O–H groups in total.